The molecule has 0 unspecified atom stereocenters. The van der Waals surface area contributed by atoms with Crippen molar-refractivity contribution in [2.24, 2.45) is 0 Å². The molecule has 1 N–H and O–H groups in total. The molecule has 1 saturated heterocycles. The van der Waals surface area contributed by atoms with Gasteiger partial charge in [-0.15, -0.1) is 0 Å². The third-order valence-electron chi connectivity index (χ3n) is 5.55. The zero-order chi connectivity index (χ0) is 23.6. The van der Waals surface area contributed by atoms with Crippen LogP contribution in [0.1, 0.15) is 15.9 Å². The summed E-state index contributed by atoms with van der Waals surface area (Å²) in [5.41, 5.74) is 1.54. The number of carbonyl (C=O) groups is 2. The fourth-order valence-corrected chi connectivity index (χ4v) is 5.32. The monoisotopic (exact) mass is 475 g/mol. The van der Waals surface area contributed by atoms with Crippen LogP contribution in [-0.2, 0) is 26.1 Å². The van der Waals surface area contributed by atoms with Crippen LogP contribution in [0.5, 0.6) is 11.5 Å². The van der Waals surface area contributed by atoms with E-state index in [0.29, 0.717) is 9.99 Å². The van der Waals surface area contributed by atoms with Gasteiger partial charge in [0.25, 0.3) is 15.9 Å². The Labute approximate surface area is 192 Å². The third kappa shape index (κ3) is 4.65. The summed E-state index contributed by atoms with van der Waals surface area (Å²) in [5.74, 6) is -1.01. The Morgan fingerprint density at radius 2 is 1.70 bits per heavy atom. The van der Waals surface area contributed by atoms with E-state index < -0.39 is 28.4 Å². The van der Waals surface area contributed by atoms with E-state index in [9.17, 15) is 18.0 Å². The van der Waals surface area contributed by atoms with Crippen molar-refractivity contribution in [3.63, 3.8) is 0 Å². The number of fused-ring (bicyclic) bond motifs is 1. The lowest BCUT2D eigenvalue weighted by Crippen LogP contribution is -2.37. The molecule has 0 aromatic heterocycles. The number of ether oxygens (including phenoxy) is 3. The molecule has 11 heteroatoms. The van der Waals surface area contributed by atoms with Crippen LogP contribution < -0.4 is 14.8 Å². The van der Waals surface area contributed by atoms with Crippen molar-refractivity contribution >= 4 is 27.5 Å². The number of nitrogens with zero attached hydrogens (tertiary/aromatic N) is 2. The molecule has 2 heterocycles. The predicted octanol–water partition coefficient (Wildman–Crippen LogP) is 1.32. The molecular weight excluding hydrogens is 450 g/mol. The summed E-state index contributed by atoms with van der Waals surface area (Å²) in [6.07, 6.45) is 0. The second-order valence-corrected chi connectivity index (χ2v) is 9.48. The van der Waals surface area contributed by atoms with Crippen LogP contribution in [0.25, 0.3) is 0 Å². The first-order valence-corrected chi connectivity index (χ1v) is 11.8. The molecule has 176 valence electrons. The zero-order valence-corrected chi connectivity index (χ0v) is 19.2. The standard InChI is InChI=1S/C22H25N3O7S/c1-30-18-11-17-20(12-19(18)31-2)33(28,29)25(22(17)27)14-21(26)23-16-5-3-15(4-6-16)13-24-7-9-32-10-8-24/h3-6,11-12H,7-10,13-14H2,1-2H3,(H,23,26). The van der Waals surface area contributed by atoms with Gasteiger partial charge in [0.2, 0.25) is 5.91 Å². The van der Waals surface area contributed by atoms with Crippen LogP contribution in [0.3, 0.4) is 0 Å². The lowest BCUT2D eigenvalue weighted by molar-refractivity contribution is -0.116. The summed E-state index contributed by atoms with van der Waals surface area (Å²) >= 11 is 0. The number of anilines is 1. The molecule has 0 radical (unpaired) electrons. The maximum absolute atomic E-state index is 12.9. The van der Waals surface area contributed by atoms with Crippen molar-refractivity contribution in [1.82, 2.24) is 9.21 Å². The largest absolute Gasteiger partial charge is 0.493 e. The number of nitrogens with one attached hydrogen (secondary N) is 1. The molecule has 10 nitrogen and oxygen atoms in total. The molecular formula is C22H25N3O7S. The van der Waals surface area contributed by atoms with E-state index in [2.05, 4.69) is 10.2 Å². The molecule has 4 rings (SSSR count). The van der Waals surface area contributed by atoms with Crippen LogP contribution in [0.15, 0.2) is 41.3 Å². The van der Waals surface area contributed by atoms with Gasteiger partial charge in [-0.2, -0.15) is 0 Å². The van der Waals surface area contributed by atoms with Gasteiger partial charge < -0.3 is 19.5 Å². The van der Waals surface area contributed by atoms with E-state index in [1.54, 1.807) is 12.1 Å². The van der Waals surface area contributed by atoms with Gasteiger partial charge in [-0.1, -0.05) is 12.1 Å². The summed E-state index contributed by atoms with van der Waals surface area (Å²) in [6.45, 7) is 3.32. The molecule has 2 aromatic rings. The van der Waals surface area contributed by atoms with Crippen LogP contribution in [0.4, 0.5) is 5.69 Å². The van der Waals surface area contributed by atoms with Crippen LogP contribution >= 0.6 is 0 Å². The SMILES string of the molecule is COc1cc2c(cc1OC)S(=O)(=O)N(CC(=O)Nc1ccc(CN3CCOCC3)cc1)C2=O. The Balaban J connectivity index is 1.43. The molecule has 2 aliphatic heterocycles. The van der Waals surface area contributed by atoms with Gasteiger partial charge in [-0.3, -0.25) is 14.5 Å². The Morgan fingerprint density at radius 1 is 1.06 bits per heavy atom. The minimum absolute atomic E-state index is 0.0621. The highest BCUT2D eigenvalue weighted by Gasteiger charge is 2.43. The van der Waals surface area contributed by atoms with Gasteiger partial charge in [0.1, 0.15) is 11.4 Å². The number of rotatable bonds is 7. The van der Waals surface area contributed by atoms with Crippen LogP contribution in [-0.4, -0.2) is 76.5 Å². The van der Waals surface area contributed by atoms with Crippen molar-refractivity contribution in [2.45, 2.75) is 11.4 Å². The zero-order valence-electron chi connectivity index (χ0n) is 18.4. The minimum atomic E-state index is -4.19. The van der Waals surface area contributed by atoms with Gasteiger partial charge in [-0.05, 0) is 23.8 Å². The molecule has 0 bridgehead atoms. The molecule has 2 aromatic carbocycles. The maximum atomic E-state index is 12.9. The topological polar surface area (TPSA) is 114 Å². The van der Waals surface area contributed by atoms with E-state index in [0.717, 1.165) is 38.4 Å². The number of amides is 2. The summed E-state index contributed by atoms with van der Waals surface area (Å²) in [5, 5.41) is 2.65. The normalized spacial score (nSPS) is 17.5. The predicted molar refractivity (Wildman–Crippen MR) is 119 cm³/mol. The highest BCUT2D eigenvalue weighted by Crippen LogP contribution is 2.38. The van der Waals surface area contributed by atoms with Gasteiger partial charge >= 0.3 is 0 Å². The molecule has 0 aliphatic carbocycles. The van der Waals surface area contributed by atoms with Crippen molar-refractivity contribution in [1.29, 1.82) is 0 Å². The first-order chi connectivity index (χ1) is 15.8. The lowest BCUT2D eigenvalue weighted by Gasteiger charge is -2.26. The number of morpholine rings is 1. The number of hydrogen-bond acceptors (Lipinski definition) is 8. The van der Waals surface area contributed by atoms with Gasteiger partial charge in [0.05, 0.1) is 33.0 Å². The second kappa shape index (κ2) is 9.38. The molecule has 2 aliphatic rings. The average Bonchev–Trinajstić information content (AvgIpc) is 3.00. The highest BCUT2D eigenvalue weighted by molar-refractivity contribution is 7.90. The summed E-state index contributed by atoms with van der Waals surface area (Å²) in [7, 11) is -1.44. The first kappa shape index (κ1) is 23.0. The van der Waals surface area contributed by atoms with Gasteiger partial charge in [0.15, 0.2) is 11.5 Å². The molecule has 0 saturated carbocycles. The number of hydrogen-bond donors (Lipinski definition) is 1. The molecule has 1 fully saturated rings. The summed E-state index contributed by atoms with van der Waals surface area (Å²) < 4.78 is 42.0. The van der Waals surface area contributed by atoms with Gasteiger partial charge in [0, 0.05) is 31.4 Å². The fourth-order valence-electron chi connectivity index (χ4n) is 3.80. The summed E-state index contributed by atoms with van der Waals surface area (Å²) in [6, 6.07) is 9.83. The number of carbonyl (C=O) groups excluding carboxylic acids is 2. The Hall–Kier alpha value is -3.15. The number of methoxy groups -OCH3 is 2. The molecule has 2 amide bonds. The Morgan fingerprint density at radius 3 is 2.33 bits per heavy atom. The highest BCUT2D eigenvalue weighted by atomic mass is 32.2. The van der Waals surface area contributed by atoms with Crippen molar-refractivity contribution in [3.05, 3.63) is 47.5 Å². The maximum Gasteiger partial charge on any atom is 0.269 e. The van der Waals surface area contributed by atoms with E-state index in [1.807, 2.05) is 12.1 Å². The molecule has 0 atom stereocenters. The smallest absolute Gasteiger partial charge is 0.269 e. The molecule has 0 spiro atoms. The van der Waals surface area contributed by atoms with Crippen molar-refractivity contribution in [3.8, 4) is 11.5 Å². The van der Waals surface area contributed by atoms with Crippen LogP contribution in [0.2, 0.25) is 0 Å². The first-order valence-electron chi connectivity index (χ1n) is 10.4. The number of sulfonamides is 1. The molecule has 33 heavy (non-hydrogen) atoms. The van der Waals surface area contributed by atoms with E-state index in [-0.39, 0.29) is 22.0 Å². The average molecular weight is 476 g/mol. The quantitative estimate of drug-likeness (QED) is 0.638. The second-order valence-electron chi connectivity index (χ2n) is 7.65. The lowest BCUT2D eigenvalue weighted by atomic mass is 10.2. The van der Waals surface area contributed by atoms with E-state index in [4.69, 9.17) is 14.2 Å². The van der Waals surface area contributed by atoms with Gasteiger partial charge in [-0.25, -0.2) is 12.7 Å². The minimum Gasteiger partial charge on any atom is -0.493 e. The van der Waals surface area contributed by atoms with Crippen molar-refractivity contribution in [2.75, 3.05) is 52.4 Å². The Kier molecular flexibility index (Phi) is 6.54. The fraction of sp³-hybridized carbons (Fsp3) is 0.364. The summed E-state index contributed by atoms with van der Waals surface area (Å²) in [4.78, 5) is 27.4. The van der Waals surface area contributed by atoms with Crippen molar-refractivity contribution < 1.29 is 32.2 Å². The van der Waals surface area contributed by atoms with Crippen LogP contribution in [0, 0.1) is 0 Å². The Bertz CT molecular complexity index is 1160. The van der Waals surface area contributed by atoms with E-state index in [1.165, 1.54) is 26.4 Å². The third-order valence-corrected chi connectivity index (χ3v) is 7.31. The van der Waals surface area contributed by atoms with E-state index >= 15 is 0 Å². The number of benzene rings is 2.